The number of carbonyl (C=O) groups excluding carboxylic acids is 1. The Morgan fingerprint density at radius 1 is 1.06 bits per heavy atom. The van der Waals surface area contributed by atoms with E-state index in [2.05, 4.69) is 0 Å². The second kappa shape index (κ2) is 4.18. The molecular weight excluding hydrogens is 216 g/mol. The molecule has 0 amide bonds. The van der Waals surface area contributed by atoms with Crippen molar-refractivity contribution in [3.8, 4) is 0 Å². The molecule has 0 heterocycles. The zero-order valence-electron chi connectivity index (χ0n) is 10.6. The highest BCUT2D eigenvalue weighted by Gasteiger charge is 2.51. The first-order chi connectivity index (χ1) is 8.19. The summed E-state index contributed by atoms with van der Waals surface area (Å²) < 4.78 is 10.2. The van der Waals surface area contributed by atoms with Gasteiger partial charge in [-0.2, -0.15) is 0 Å². The van der Waals surface area contributed by atoms with Crippen LogP contribution in [0.2, 0.25) is 0 Å². The van der Waals surface area contributed by atoms with Gasteiger partial charge in [-0.15, -0.1) is 0 Å². The third-order valence-electron chi connectivity index (χ3n) is 4.92. The number of carbonyl (C=O) groups is 1. The maximum atomic E-state index is 11.3. The van der Waals surface area contributed by atoms with Crippen molar-refractivity contribution in [2.75, 3.05) is 13.2 Å². The normalized spacial score (nSPS) is 42.5. The lowest BCUT2D eigenvalue weighted by Gasteiger charge is -2.56. The molecule has 4 saturated carbocycles. The van der Waals surface area contributed by atoms with E-state index < -0.39 is 6.16 Å². The van der Waals surface area contributed by atoms with Crippen LogP contribution < -0.4 is 0 Å². The van der Waals surface area contributed by atoms with Gasteiger partial charge >= 0.3 is 6.16 Å². The van der Waals surface area contributed by atoms with E-state index >= 15 is 0 Å². The minimum Gasteiger partial charge on any atom is -0.435 e. The van der Waals surface area contributed by atoms with E-state index in [-0.39, 0.29) is 0 Å². The maximum absolute atomic E-state index is 11.3. The first-order valence-electron chi connectivity index (χ1n) is 6.99. The number of ether oxygens (including phenoxy) is 2. The van der Waals surface area contributed by atoms with Crippen molar-refractivity contribution in [3.05, 3.63) is 0 Å². The van der Waals surface area contributed by atoms with Crippen LogP contribution in [-0.4, -0.2) is 19.4 Å². The lowest BCUT2D eigenvalue weighted by molar-refractivity contribution is -0.0895. The van der Waals surface area contributed by atoms with Crippen LogP contribution in [0.4, 0.5) is 4.79 Å². The molecule has 0 aromatic rings. The molecule has 4 rings (SSSR count). The van der Waals surface area contributed by atoms with Gasteiger partial charge in [0.25, 0.3) is 0 Å². The fraction of sp³-hybridized carbons (Fsp3) is 0.929. The summed E-state index contributed by atoms with van der Waals surface area (Å²) >= 11 is 0. The molecule has 0 aromatic heterocycles. The molecular formula is C14H22O3. The largest absolute Gasteiger partial charge is 0.508 e. The van der Waals surface area contributed by atoms with Crippen LogP contribution in [-0.2, 0) is 9.47 Å². The lowest BCUT2D eigenvalue weighted by Crippen LogP contribution is -2.48. The minimum absolute atomic E-state index is 0.307. The molecule has 0 unspecified atom stereocenters. The van der Waals surface area contributed by atoms with Gasteiger partial charge < -0.3 is 9.47 Å². The predicted octanol–water partition coefficient (Wildman–Crippen LogP) is 3.38. The molecule has 4 fully saturated rings. The Morgan fingerprint density at radius 3 is 2.06 bits per heavy atom. The van der Waals surface area contributed by atoms with Crippen LogP contribution in [0.15, 0.2) is 0 Å². The van der Waals surface area contributed by atoms with Crippen LogP contribution in [0.3, 0.4) is 0 Å². The molecule has 4 aliphatic rings. The summed E-state index contributed by atoms with van der Waals surface area (Å²) in [6.45, 7) is 2.81. The fourth-order valence-corrected chi connectivity index (χ4v) is 4.84. The Kier molecular flexibility index (Phi) is 2.80. The van der Waals surface area contributed by atoms with E-state index in [1.54, 1.807) is 0 Å². The third kappa shape index (κ3) is 2.16. The van der Waals surface area contributed by atoms with Gasteiger partial charge in [0.1, 0.15) is 6.61 Å². The van der Waals surface area contributed by atoms with Crippen LogP contribution in [0.25, 0.3) is 0 Å². The molecule has 0 aromatic carbocycles. The van der Waals surface area contributed by atoms with Crippen LogP contribution >= 0.6 is 0 Å². The quantitative estimate of drug-likeness (QED) is 0.707. The predicted molar refractivity (Wildman–Crippen MR) is 63.6 cm³/mol. The average Bonchev–Trinajstić information content (AvgIpc) is 2.25. The highest BCUT2D eigenvalue weighted by molar-refractivity contribution is 5.59. The molecule has 0 atom stereocenters. The van der Waals surface area contributed by atoms with Crippen molar-refractivity contribution in [2.24, 2.45) is 23.2 Å². The molecule has 17 heavy (non-hydrogen) atoms. The first-order valence-corrected chi connectivity index (χ1v) is 6.99. The Bertz CT molecular complexity index is 275. The smallest absolute Gasteiger partial charge is 0.435 e. The molecule has 4 aliphatic carbocycles. The second-order valence-corrected chi connectivity index (χ2v) is 6.39. The molecule has 0 spiro atoms. The summed E-state index contributed by atoms with van der Waals surface area (Å²) in [6.07, 6.45) is 7.63. The van der Waals surface area contributed by atoms with Crippen molar-refractivity contribution >= 4 is 6.16 Å². The molecule has 96 valence electrons. The van der Waals surface area contributed by atoms with Crippen molar-refractivity contribution in [1.29, 1.82) is 0 Å². The Morgan fingerprint density at radius 2 is 1.59 bits per heavy atom. The van der Waals surface area contributed by atoms with Gasteiger partial charge in [-0.1, -0.05) is 0 Å². The van der Waals surface area contributed by atoms with Crippen LogP contribution in [0, 0.1) is 23.2 Å². The maximum Gasteiger partial charge on any atom is 0.508 e. The standard InChI is InChI=1S/C14H22O3/c1-2-16-13(15)17-9-14-6-10-3-11(7-14)5-12(4-10)8-14/h10-12H,2-9H2,1H3. The van der Waals surface area contributed by atoms with Gasteiger partial charge in [0.15, 0.2) is 0 Å². The topological polar surface area (TPSA) is 35.5 Å². The Balaban J connectivity index is 1.60. The first kappa shape index (κ1) is 11.4. The van der Waals surface area contributed by atoms with Gasteiger partial charge in [-0.05, 0) is 63.2 Å². The fourth-order valence-electron chi connectivity index (χ4n) is 4.84. The molecule has 0 saturated heterocycles. The van der Waals surface area contributed by atoms with Crippen molar-refractivity contribution in [1.82, 2.24) is 0 Å². The number of hydrogen-bond acceptors (Lipinski definition) is 3. The minimum atomic E-state index is -0.483. The zero-order valence-corrected chi connectivity index (χ0v) is 10.6. The van der Waals surface area contributed by atoms with E-state index in [9.17, 15) is 4.79 Å². The van der Waals surface area contributed by atoms with Crippen molar-refractivity contribution < 1.29 is 14.3 Å². The van der Waals surface area contributed by atoms with E-state index in [0.717, 1.165) is 17.8 Å². The molecule has 4 bridgehead atoms. The summed E-state index contributed by atoms with van der Waals surface area (Å²) in [7, 11) is 0. The Hall–Kier alpha value is -0.730. The molecule has 3 heteroatoms. The van der Waals surface area contributed by atoms with E-state index in [4.69, 9.17) is 9.47 Å². The number of hydrogen-bond donors (Lipinski definition) is 0. The molecule has 0 radical (unpaired) electrons. The van der Waals surface area contributed by atoms with Crippen LogP contribution in [0.5, 0.6) is 0 Å². The van der Waals surface area contributed by atoms with E-state index in [0.29, 0.717) is 18.6 Å². The van der Waals surface area contributed by atoms with Crippen molar-refractivity contribution in [2.45, 2.75) is 45.4 Å². The third-order valence-corrected chi connectivity index (χ3v) is 4.92. The van der Waals surface area contributed by atoms with Gasteiger partial charge in [-0.3, -0.25) is 0 Å². The summed E-state index contributed by atoms with van der Waals surface area (Å²) in [5.74, 6) is 2.73. The monoisotopic (exact) mass is 238 g/mol. The van der Waals surface area contributed by atoms with Gasteiger partial charge in [0, 0.05) is 5.41 Å². The summed E-state index contributed by atoms with van der Waals surface area (Å²) in [5.41, 5.74) is 0.307. The Labute approximate surface area is 103 Å². The summed E-state index contributed by atoms with van der Waals surface area (Å²) in [6, 6.07) is 0. The van der Waals surface area contributed by atoms with E-state index in [1.807, 2.05) is 6.92 Å². The van der Waals surface area contributed by atoms with Crippen molar-refractivity contribution in [3.63, 3.8) is 0 Å². The second-order valence-electron chi connectivity index (χ2n) is 6.39. The lowest BCUT2D eigenvalue weighted by atomic mass is 9.50. The summed E-state index contributed by atoms with van der Waals surface area (Å²) in [5, 5.41) is 0. The van der Waals surface area contributed by atoms with E-state index in [1.165, 1.54) is 38.5 Å². The zero-order chi connectivity index (χ0) is 11.9. The van der Waals surface area contributed by atoms with Gasteiger partial charge in [0.05, 0.1) is 6.61 Å². The molecule has 3 nitrogen and oxygen atoms in total. The highest BCUT2D eigenvalue weighted by atomic mass is 16.7. The number of rotatable bonds is 3. The SMILES string of the molecule is CCOC(=O)OCC12CC3CC(CC(C3)C1)C2. The highest BCUT2D eigenvalue weighted by Crippen LogP contribution is 2.60. The molecule has 0 N–H and O–H groups in total. The molecule has 0 aliphatic heterocycles. The van der Waals surface area contributed by atoms with Crippen LogP contribution in [0.1, 0.15) is 45.4 Å². The van der Waals surface area contributed by atoms with Gasteiger partial charge in [-0.25, -0.2) is 4.79 Å². The van der Waals surface area contributed by atoms with Gasteiger partial charge in [0.2, 0.25) is 0 Å². The summed E-state index contributed by atoms with van der Waals surface area (Å²) in [4.78, 5) is 11.3. The average molecular weight is 238 g/mol.